The van der Waals surface area contributed by atoms with Gasteiger partial charge in [-0.15, -0.1) is 0 Å². The van der Waals surface area contributed by atoms with E-state index in [1.165, 1.54) is 7.11 Å². The predicted octanol–water partition coefficient (Wildman–Crippen LogP) is 3.93. The van der Waals surface area contributed by atoms with E-state index in [2.05, 4.69) is 30.6 Å². The highest BCUT2D eigenvalue weighted by Crippen LogP contribution is 2.40. The summed E-state index contributed by atoms with van der Waals surface area (Å²) in [6.07, 6.45) is 0. The van der Waals surface area contributed by atoms with Crippen LogP contribution in [0.5, 0.6) is 5.75 Å². The zero-order valence-corrected chi connectivity index (χ0v) is 20.8. The van der Waals surface area contributed by atoms with Gasteiger partial charge >= 0.3 is 5.97 Å². The van der Waals surface area contributed by atoms with Gasteiger partial charge in [-0.3, -0.25) is 14.4 Å². The summed E-state index contributed by atoms with van der Waals surface area (Å²) in [6, 6.07) is 16.5. The number of carbonyl (C=O) groups is 3. The van der Waals surface area contributed by atoms with Crippen molar-refractivity contribution in [2.45, 2.75) is 25.7 Å². The Bertz CT molecular complexity index is 1170. The highest BCUT2D eigenvalue weighted by molar-refractivity contribution is 8.03. The number of ether oxygens (including phenoxy) is 2. The van der Waals surface area contributed by atoms with Gasteiger partial charge in [0.05, 0.1) is 36.6 Å². The van der Waals surface area contributed by atoms with Crippen LogP contribution in [0.25, 0.3) is 0 Å². The van der Waals surface area contributed by atoms with Gasteiger partial charge in [-0.1, -0.05) is 49.9 Å². The van der Waals surface area contributed by atoms with Crippen LogP contribution in [0.2, 0.25) is 0 Å². The van der Waals surface area contributed by atoms with Crippen molar-refractivity contribution < 1.29 is 23.9 Å². The maximum Gasteiger partial charge on any atom is 0.319 e. The van der Waals surface area contributed by atoms with Crippen molar-refractivity contribution in [3.63, 3.8) is 0 Å². The van der Waals surface area contributed by atoms with Gasteiger partial charge in [0.1, 0.15) is 11.7 Å². The fourth-order valence-corrected chi connectivity index (χ4v) is 4.63. The second-order valence-electron chi connectivity index (χ2n) is 8.21. The standard InChI is InChI=1S/C26H27N3O5S/c1-15(2)16-5-7-17(8-6-16)22-20(13-27)25(29-24(31)23(22)26(32)34-4)35-14-21(30)28-18-9-11-19(33-3)12-10-18/h5-12,15,22-23H,14H2,1-4H3,(H,28,30)(H,29,31)/t22-,23-/m0/s1. The van der Waals surface area contributed by atoms with Crippen LogP contribution < -0.4 is 15.4 Å². The molecule has 182 valence electrons. The van der Waals surface area contributed by atoms with Gasteiger partial charge in [-0.05, 0) is 41.3 Å². The Morgan fingerprint density at radius 2 is 1.77 bits per heavy atom. The zero-order valence-electron chi connectivity index (χ0n) is 20.0. The molecule has 0 aromatic heterocycles. The van der Waals surface area contributed by atoms with E-state index >= 15 is 0 Å². The molecule has 0 saturated heterocycles. The van der Waals surface area contributed by atoms with Crippen molar-refractivity contribution in [3.8, 4) is 11.8 Å². The van der Waals surface area contributed by atoms with Crippen molar-refractivity contribution in [3.05, 3.63) is 70.3 Å². The third-order valence-electron chi connectivity index (χ3n) is 5.67. The minimum atomic E-state index is -1.21. The van der Waals surface area contributed by atoms with E-state index in [0.717, 1.165) is 17.3 Å². The van der Waals surface area contributed by atoms with E-state index in [4.69, 9.17) is 9.47 Å². The summed E-state index contributed by atoms with van der Waals surface area (Å²) in [4.78, 5) is 38.0. The summed E-state index contributed by atoms with van der Waals surface area (Å²) < 4.78 is 9.98. The Labute approximate surface area is 208 Å². The van der Waals surface area contributed by atoms with Gasteiger partial charge in [0.25, 0.3) is 0 Å². The topological polar surface area (TPSA) is 118 Å². The Kier molecular flexibility index (Phi) is 8.55. The summed E-state index contributed by atoms with van der Waals surface area (Å²) in [7, 11) is 2.76. The molecule has 0 spiro atoms. The van der Waals surface area contributed by atoms with Gasteiger partial charge in [0.2, 0.25) is 11.8 Å². The Hall–Kier alpha value is -3.77. The Balaban J connectivity index is 1.87. The molecule has 1 heterocycles. The van der Waals surface area contributed by atoms with E-state index in [9.17, 15) is 19.6 Å². The molecule has 3 rings (SSSR count). The lowest BCUT2D eigenvalue weighted by atomic mass is 9.78. The molecule has 0 radical (unpaired) electrons. The van der Waals surface area contributed by atoms with Crippen molar-refractivity contribution >= 4 is 35.2 Å². The Morgan fingerprint density at radius 1 is 1.11 bits per heavy atom. The first kappa shape index (κ1) is 25.8. The van der Waals surface area contributed by atoms with Gasteiger partial charge in [0.15, 0.2) is 0 Å². The predicted molar refractivity (Wildman–Crippen MR) is 134 cm³/mol. The molecule has 0 unspecified atom stereocenters. The average molecular weight is 494 g/mol. The first-order valence-electron chi connectivity index (χ1n) is 11.0. The maximum absolute atomic E-state index is 12.9. The minimum absolute atomic E-state index is 0.0469. The summed E-state index contributed by atoms with van der Waals surface area (Å²) in [5, 5.41) is 15.7. The fraction of sp³-hybridized carbons (Fsp3) is 0.308. The van der Waals surface area contributed by atoms with Crippen LogP contribution >= 0.6 is 11.8 Å². The quantitative estimate of drug-likeness (QED) is 0.423. The fourth-order valence-electron chi connectivity index (χ4n) is 3.78. The highest BCUT2D eigenvalue weighted by atomic mass is 32.2. The van der Waals surface area contributed by atoms with E-state index in [1.54, 1.807) is 31.4 Å². The van der Waals surface area contributed by atoms with Gasteiger partial charge in [-0.2, -0.15) is 5.26 Å². The number of amides is 2. The summed E-state index contributed by atoms with van der Waals surface area (Å²) in [6.45, 7) is 4.12. The molecule has 2 N–H and O–H groups in total. The molecule has 0 fully saturated rings. The molecule has 0 saturated carbocycles. The number of allylic oxidation sites excluding steroid dienone is 1. The Morgan fingerprint density at radius 3 is 2.31 bits per heavy atom. The molecule has 2 atom stereocenters. The van der Waals surface area contributed by atoms with Gasteiger partial charge in [-0.25, -0.2) is 0 Å². The number of thioether (sulfide) groups is 1. The number of nitrogens with one attached hydrogen (secondary N) is 2. The molecule has 2 aromatic rings. The van der Waals surface area contributed by atoms with Gasteiger partial charge in [0, 0.05) is 11.6 Å². The largest absolute Gasteiger partial charge is 0.497 e. The van der Waals surface area contributed by atoms with Crippen LogP contribution in [0.3, 0.4) is 0 Å². The number of rotatable bonds is 8. The van der Waals surface area contributed by atoms with E-state index in [1.807, 2.05) is 24.3 Å². The van der Waals surface area contributed by atoms with Crippen molar-refractivity contribution in [2.75, 3.05) is 25.3 Å². The van der Waals surface area contributed by atoms with Gasteiger partial charge < -0.3 is 20.1 Å². The van der Waals surface area contributed by atoms with Crippen LogP contribution in [-0.4, -0.2) is 37.8 Å². The molecule has 35 heavy (non-hydrogen) atoms. The number of esters is 1. The van der Waals surface area contributed by atoms with Crippen molar-refractivity contribution in [1.29, 1.82) is 5.26 Å². The smallest absolute Gasteiger partial charge is 0.319 e. The van der Waals surface area contributed by atoms with Crippen molar-refractivity contribution in [1.82, 2.24) is 5.32 Å². The first-order valence-corrected chi connectivity index (χ1v) is 12.0. The minimum Gasteiger partial charge on any atom is -0.497 e. The van der Waals surface area contributed by atoms with Crippen LogP contribution in [0.4, 0.5) is 5.69 Å². The molecule has 8 nitrogen and oxygen atoms in total. The van der Waals surface area contributed by atoms with E-state index in [-0.39, 0.29) is 22.3 Å². The number of anilines is 1. The molecule has 9 heteroatoms. The highest BCUT2D eigenvalue weighted by Gasteiger charge is 2.44. The van der Waals surface area contributed by atoms with Crippen LogP contribution in [0, 0.1) is 17.2 Å². The zero-order chi connectivity index (χ0) is 25.5. The number of benzene rings is 2. The molecule has 0 aliphatic carbocycles. The molecule has 2 amide bonds. The lowest BCUT2D eigenvalue weighted by Crippen LogP contribution is -2.44. The second kappa shape index (κ2) is 11.6. The number of nitriles is 1. The lowest BCUT2D eigenvalue weighted by Gasteiger charge is -2.31. The monoisotopic (exact) mass is 493 g/mol. The molecular weight excluding hydrogens is 466 g/mol. The number of hydrogen-bond donors (Lipinski definition) is 2. The van der Waals surface area contributed by atoms with Crippen LogP contribution in [0.1, 0.15) is 36.8 Å². The SMILES string of the molecule is COC(=O)[C@@H]1C(=O)NC(SCC(=O)Nc2ccc(OC)cc2)=C(C#N)[C@@H]1c1ccc(C(C)C)cc1. The summed E-state index contributed by atoms with van der Waals surface area (Å²) >= 11 is 1.03. The van der Waals surface area contributed by atoms with Crippen LogP contribution in [0.15, 0.2) is 59.1 Å². The number of nitrogens with zero attached hydrogens (tertiary/aromatic N) is 1. The average Bonchev–Trinajstić information content (AvgIpc) is 2.87. The molecular formula is C26H27N3O5S. The number of carbonyl (C=O) groups excluding carboxylic acids is 3. The molecule has 1 aliphatic rings. The second-order valence-corrected chi connectivity index (χ2v) is 9.19. The maximum atomic E-state index is 12.9. The third-order valence-corrected chi connectivity index (χ3v) is 6.68. The normalized spacial score (nSPS) is 17.4. The van der Waals surface area contributed by atoms with E-state index < -0.39 is 23.7 Å². The number of methoxy groups -OCH3 is 2. The summed E-state index contributed by atoms with van der Waals surface area (Å²) in [5.74, 6) is -2.73. The molecule has 1 aliphatic heterocycles. The number of hydrogen-bond acceptors (Lipinski definition) is 7. The van der Waals surface area contributed by atoms with E-state index in [0.29, 0.717) is 22.9 Å². The lowest BCUT2D eigenvalue weighted by molar-refractivity contribution is -0.150. The first-order chi connectivity index (χ1) is 16.8. The summed E-state index contributed by atoms with van der Waals surface area (Å²) in [5.41, 5.74) is 2.54. The van der Waals surface area contributed by atoms with Crippen molar-refractivity contribution in [2.24, 2.45) is 5.92 Å². The third kappa shape index (κ3) is 6.03. The van der Waals surface area contributed by atoms with Crippen LogP contribution in [-0.2, 0) is 19.1 Å². The molecule has 2 aromatic carbocycles. The molecule has 0 bridgehead atoms.